The molecule has 2 rings (SSSR count). The van der Waals surface area contributed by atoms with Crippen molar-refractivity contribution in [2.24, 2.45) is 5.73 Å². The molecule has 3 heteroatoms. The highest BCUT2D eigenvalue weighted by Gasteiger charge is 2.36. The average Bonchev–Trinajstić information content (AvgIpc) is 2.15. The van der Waals surface area contributed by atoms with Gasteiger partial charge < -0.3 is 11.1 Å². The molecule has 2 unspecified atom stereocenters. The van der Waals surface area contributed by atoms with Crippen molar-refractivity contribution in [2.45, 2.75) is 12.1 Å². The van der Waals surface area contributed by atoms with Crippen molar-refractivity contribution < 1.29 is 4.79 Å². The summed E-state index contributed by atoms with van der Waals surface area (Å²) in [7, 11) is 0. The van der Waals surface area contributed by atoms with Gasteiger partial charge in [-0.15, -0.1) is 0 Å². The molecule has 62 valence electrons. The molecule has 1 saturated heterocycles. The van der Waals surface area contributed by atoms with Gasteiger partial charge in [-0.3, -0.25) is 4.79 Å². The van der Waals surface area contributed by atoms with Gasteiger partial charge in [-0.1, -0.05) is 30.3 Å². The van der Waals surface area contributed by atoms with Crippen LogP contribution in [-0.4, -0.2) is 11.9 Å². The third-order valence-corrected chi connectivity index (χ3v) is 2.12. The monoisotopic (exact) mass is 162 g/mol. The molecular formula is C9H10N2O. The van der Waals surface area contributed by atoms with E-state index < -0.39 is 0 Å². The van der Waals surface area contributed by atoms with Crippen LogP contribution in [0, 0.1) is 0 Å². The number of nitrogens with two attached hydrogens (primary N) is 1. The van der Waals surface area contributed by atoms with E-state index in [1.807, 2.05) is 30.3 Å². The fraction of sp³-hybridized carbons (Fsp3) is 0.222. The lowest BCUT2D eigenvalue weighted by molar-refractivity contribution is -0.130. The average molecular weight is 162 g/mol. The Morgan fingerprint density at radius 3 is 2.42 bits per heavy atom. The van der Waals surface area contributed by atoms with Crippen LogP contribution >= 0.6 is 0 Å². The quantitative estimate of drug-likeness (QED) is 0.579. The number of carbonyl (C=O) groups is 1. The maximum atomic E-state index is 10.8. The summed E-state index contributed by atoms with van der Waals surface area (Å²) < 4.78 is 0. The van der Waals surface area contributed by atoms with Crippen molar-refractivity contribution in [3.63, 3.8) is 0 Å². The van der Waals surface area contributed by atoms with Crippen LogP contribution in [0.2, 0.25) is 0 Å². The molecule has 1 aromatic carbocycles. The van der Waals surface area contributed by atoms with Gasteiger partial charge in [0.1, 0.15) is 6.04 Å². The Bertz CT molecular complexity index is 297. The van der Waals surface area contributed by atoms with Gasteiger partial charge in [0.25, 0.3) is 0 Å². The number of amides is 1. The van der Waals surface area contributed by atoms with Gasteiger partial charge in [0.15, 0.2) is 0 Å². The van der Waals surface area contributed by atoms with Crippen LogP contribution in [0.5, 0.6) is 0 Å². The highest BCUT2D eigenvalue weighted by atomic mass is 16.2. The lowest BCUT2D eigenvalue weighted by atomic mass is 9.93. The van der Waals surface area contributed by atoms with Crippen molar-refractivity contribution in [2.75, 3.05) is 0 Å². The van der Waals surface area contributed by atoms with Gasteiger partial charge in [-0.05, 0) is 5.56 Å². The molecule has 0 aliphatic carbocycles. The van der Waals surface area contributed by atoms with Crippen molar-refractivity contribution in [1.82, 2.24) is 5.32 Å². The highest BCUT2D eigenvalue weighted by molar-refractivity contribution is 5.89. The van der Waals surface area contributed by atoms with Crippen LogP contribution in [0.25, 0.3) is 0 Å². The Balaban J connectivity index is 2.18. The van der Waals surface area contributed by atoms with E-state index in [9.17, 15) is 4.79 Å². The zero-order valence-electron chi connectivity index (χ0n) is 6.53. The van der Waals surface area contributed by atoms with Crippen LogP contribution in [0.4, 0.5) is 0 Å². The molecule has 1 heterocycles. The van der Waals surface area contributed by atoms with E-state index in [4.69, 9.17) is 5.73 Å². The van der Waals surface area contributed by atoms with Crippen LogP contribution in [0.15, 0.2) is 30.3 Å². The molecule has 12 heavy (non-hydrogen) atoms. The number of carbonyl (C=O) groups excluding carboxylic acids is 1. The predicted molar refractivity (Wildman–Crippen MR) is 45.3 cm³/mol. The molecule has 1 aliphatic heterocycles. The minimum absolute atomic E-state index is 0.0127. The lowest BCUT2D eigenvalue weighted by Gasteiger charge is -2.34. The molecule has 0 saturated carbocycles. The normalized spacial score (nSPS) is 27.6. The summed E-state index contributed by atoms with van der Waals surface area (Å²) in [6.45, 7) is 0. The number of rotatable bonds is 1. The van der Waals surface area contributed by atoms with Crippen LogP contribution in [-0.2, 0) is 4.79 Å². The fourth-order valence-electron chi connectivity index (χ4n) is 1.35. The molecule has 1 amide bonds. The van der Waals surface area contributed by atoms with Crippen LogP contribution < -0.4 is 11.1 Å². The summed E-state index contributed by atoms with van der Waals surface area (Å²) in [6, 6.07) is 9.38. The molecule has 0 aromatic heterocycles. The zero-order valence-corrected chi connectivity index (χ0v) is 6.53. The second-order valence-electron chi connectivity index (χ2n) is 2.92. The third kappa shape index (κ3) is 0.987. The maximum absolute atomic E-state index is 10.8. The van der Waals surface area contributed by atoms with Crippen LogP contribution in [0.1, 0.15) is 11.6 Å². The number of nitrogens with one attached hydrogen (secondary N) is 1. The molecule has 0 spiro atoms. The van der Waals surface area contributed by atoms with Gasteiger partial charge in [0.2, 0.25) is 5.91 Å². The summed E-state index contributed by atoms with van der Waals surface area (Å²) in [5.41, 5.74) is 6.66. The Morgan fingerprint density at radius 2 is 1.92 bits per heavy atom. The Labute approximate surface area is 70.6 Å². The van der Waals surface area contributed by atoms with E-state index >= 15 is 0 Å². The molecule has 3 N–H and O–H groups in total. The van der Waals surface area contributed by atoms with Crippen molar-refractivity contribution in [3.05, 3.63) is 35.9 Å². The van der Waals surface area contributed by atoms with E-state index in [-0.39, 0.29) is 18.0 Å². The highest BCUT2D eigenvalue weighted by Crippen LogP contribution is 2.22. The summed E-state index contributed by atoms with van der Waals surface area (Å²) in [6.07, 6.45) is 0. The van der Waals surface area contributed by atoms with Gasteiger partial charge in [-0.25, -0.2) is 0 Å². The Morgan fingerprint density at radius 1 is 1.25 bits per heavy atom. The van der Waals surface area contributed by atoms with Crippen LogP contribution in [0.3, 0.4) is 0 Å². The first-order valence-corrected chi connectivity index (χ1v) is 3.90. The van der Waals surface area contributed by atoms with Gasteiger partial charge >= 0.3 is 0 Å². The third-order valence-electron chi connectivity index (χ3n) is 2.12. The van der Waals surface area contributed by atoms with E-state index in [0.717, 1.165) is 5.56 Å². The number of benzene rings is 1. The summed E-state index contributed by atoms with van der Waals surface area (Å²) in [5, 5.41) is 2.74. The van der Waals surface area contributed by atoms with Gasteiger partial charge in [0.05, 0.1) is 6.04 Å². The minimum Gasteiger partial charge on any atom is -0.346 e. The topological polar surface area (TPSA) is 55.1 Å². The summed E-state index contributed by atoms with van der Waals surface area (Å²) >= 11 is 0. The van der Waals surface area contributed by atoms with Crippen molar-refractivity contribution in [3.8, 4) is 0 Å². The standard InChI is InChI=1S/C9H10N2O/c10-7-8(11-9(7)12)6-4-2-1-3-5-6/h1-5,7-8H,10H2,(H,11,12). The zero-order chi connectivity index (χ0) is 8.55. The number of β-lactam (4-membered cyclic amide) rings is 1. The predicted octanol–water partition coefficient (Wildman–Crippen LogP) is 0.185. The molecule has 0 radical (unpaired) electrons. The minimum atomic E-state index is -0.368. The van der Waals surface area contributed by atoms with E-state index in [1.165, 1.54) is 0 Å². The molecule has 0 bridgehead atoms. The second-order valence-corrected chi connectivity index (χ2v) is 2.92. The SMILES string of the molecule is NC1C(=O)NC1c1ccccc1. The smallest absolute Gasteiger partial charge is 0.239 e. The number of hydrogen-bond donors (Lipinski definition) is 2. The number of hydrogen-bond acceptors (Lipinski definition) is 2. The van der Waals surface area contributed by atoms with Gasteiger partial charge in [-0.2, -0.15) is 0 Å². The van der Waals surface area contributed by atoms with Crippen molar-refractivity contribution in [1.29, 1.82) is 0 Å². The molecular weight excluding hydrogens is 152 g/mol. The fourth-order valence-corrected chi connectivity index (χ4v) is 1.35. The largest absolute Gasteiger partial charge is 0.346 e. The van der Waals surface area contributed by atoms with E-state index in [2.05, 4.69) is 5.32 Å². The Hall–Kier alpha value is -1.35. The first-order chi connectivity index (χ1) is 5.79. The second kappa shape index (κ2) is 2.60. The molecule has 1 fully saturated rings. The van der Waals surface area contributed by atoms with Gasteiger partial charge in [0, 0.05) is 0 Å². The molecule has 3 nitrogen and oxygen atoms in total. The Kier molecular flexibility index (Phi) is 1.59. The van der Waals surface area contributed by atoms with E-state index in [0.29, 0.717) is 0 Å². The van der Waals surface area contributed by atoms with E-state index in [1.54, 1.807) is 0 Å². The lowest BCUT2D eigenvalue weighted by Crippen LogP contribution is -2.60. The maximum Gasteiger partial charge on any atom is 0.239 e. The van der Waals surface area contributed by atoms with Crippen molar-refractivity contribution >= 4 is 5.91 Å². The summed E-state index contributed by atoms with van der Waals surface area (Å²) in [4.78, 5) is 10.8. The first-order valence-electron chi connectivity index (χ1n) is 3.90. The molecule has 1 aromatic rings. The summed E-state index contributed by atoms with van der Waals surface area (Å²) in [5.74, 6) is -0.0659. The molecule has 2 atom stereocenters. The first kappa shape index (κ1) is 7.31. The molecule has 1 aliphatic rings.